The van der Waals surface area contributed by atoms with Crippen LogP contribution in [0, 0.1) is 11.7 Å². The van der Waals surface area contributed by atoms with E-state index in [0.29, 0.717) is 31.9 Å². The number of benzene rings is 1. The molecule has 0 spiro atoms. The lowest BCUT2D eigenvalue weighted by Gasteiger charge is -2.29. The Hall–Kier alpha value is -1.66. The average molecular weight is 341 g/mol. The van der Waals surface area contributed by atoms with E-state index < -0.39 is 5.82 Å². The second-order valence-electron chi connectivity index (χ2n) is 6.09. The van der Waals surface area contributed by atoms with Gasteiger partial charge in [0.2, 0.25) is 11.8 Å². The number of hydrogen-bond donors (Lipinski definition) is 0. The van der Waals surface area contributed by atoms with Crippen molar-refractivity contribution < 1.29 is 18.7 Å². The van der Waals surface area contributed by atoms with Crippen molar-refractivity contribution in [1.82, 2.24) is 9.80 Å². The Morgan fingerprint density at radius 1 is 1.35 bits per heavy atom. The highest BCUT2D eigenvalue weighted by molar-refractivity contribution is 6.30. The van der Waals surface area contributed by atoms with Gasteiger partial charge in [-0.25, -0.2) is 4.39 Å². The van der Waals surface area contributed by atoms with E-state index in [1.807, 2.05) is 0 Å². The number of hydrogen-bond acceptors (Lipinski definition) is 3. The molecule has 0 unspecified atom stereocenters. The van der Waals surface area contributed by atoms with E-state index in [1.165, 1.54) is 12.1 Å². The molecule has 2 heterocycles. The second kappa shape index (κ2) is 6.45. The fraction of sp³-hybridized carbons (Fsp3) is 0.500. The van der Waals surface area contributed by atoms with E-state index in [2.05, 4.69) is 0 Å². The minimum atomic E-state index is -0.462. The van der Waals surface area contributed by atoms with Gasteiger partial charge in [0.25, 0.3) is 0 Å². The summed E-state index contributed by atoms with van der Waals surface area (Å²) in [5, 5.41) is 0.267. The van der Waals surface area contributed by atoms with E-state index in [1.54, 1.807) is 22.9 Å². The zero-order valence-electron chi connectivity index (χ0n) is 12.8. The van der Waals surface area contributed by atoms with Crippen molar-refractivity contribution in [2.45, 2.75) is 12.5 Å². The lowest BCUT2D eigenvalue weighted by Crippen LogP contribution is -2.45. The predicted octanol–water partition coefficient (Wildman–Crippen LogP) is 1.34. The second-order valence-corrected chi connectivity index (χ2v) is 6.53. The number of rotatable bonds is 2. The van der Waals surface area contributed by atoms with Crippen molar-refractivity contribution in [1.29, 1.82) is 0 Å². The molecule has 2 aliphatic heterocycles. The minimum absolute atomic E-state index is 0.0107. The molecule has 1 aromatic rings. The summed E-state index contributed by atoms with van der Waals surface area (Å²) in [6, 6.07) is 3.95. The Kier molecular flexibility index (Phi) is 4.55. The molecule has 2 fully saturated rings. The molecule has 0 radical (unpaired) electrons. The van der Waals surface area contributed by atoms with Crippen LogP contribution in [0.15, 0.2) is 18.2 Å². The van der Waals surface area contributed by atoms with E-state index in [4.69, 9.17) is 16.3 Å². The quantitative estimate of drug-likeness (QED) is 0.816. The molecule has 0 aromatic heterocycles. The standard InChI is InChI=1S/C16H18ClFN2O3/c1-19-14-7-20(6-11(16(19)22)8-23-9-14)15(21)4-10-2-12(17)5-13(18)3-10/h2-3,5,11,14H,4,6-9H2,1H3/t11-,14+/m1/s1. The first-order chi connectivity index (χ1) is 10.9. The zero-order valence-corrected chi connectivity index (χ0v) is 13.6. The summed E-state index contributed by atoms with van der Waals surface area (Å²) >= 11 is 5.83. The number of likely N-dealkylation sites (N-methyl/N-ethyl adjacent to an activating group) is 1. The fourth-order valence-electron chi connectivity index (χ4n) is 3.10. The van der Waals surface area contributed by atoms with Crippen LogP contribution in [-0.4, -0.2) is 61.0 Å². The zero-order chi connectivity index (χ0) is 16.6. The molecular weight excluding hydrogens is 323 g/mol. The number of ether oxygens (including phenoxy) is 1. The Morgan fingerprint density at radius 3 is 2.87 bits per heavy atom. The van der Waals surface area contributed by atoms with Crippen LogP contribution in [0.3, 0.4) is 0 Å². The third-order valence-electron chi connectivity index (χ3n) is 4.38. The van der Waals surface area contributed by atoms with Gasteiger partial charge in [-0.2, -0.15) is 0 Å². The largest absolute Gasteiger partial charge is 0.378 e. The molecular formula is C16H18ClFN2O3. The Morgan fingerprint density at radius 2 is 2.13 bits per heavy atom. The molecule has 2 aliphatic rings. The molecule has 2 bridgehead atoms. The molecule has 3 rings (SSSR count). The van der Waals surface area contributed by atoms with E-state index in [9.17, 15) is 14.0 Å². The van der Waals surface area contributed by atoms with Gasteiger partial charge in [-0.1, -0.05) is 11.6 Å². The first-order valence-corrected chi connectivity index (χ1v) is 7.89. The van der Waals surface area contributed by atoms with Crippen LogP contribution in [0.2, 0.25) is 5.02 Å². The number of nitrogens with zero attached hydrogens (tertiary/aromatic N) is 2. The van der Waals surface area contributed by atoms with Gasteiger partial charge >= 0.3 is 0 Å². The molecule has 124 valence electrons. The van der Waals surface area contributed by atoms with E-state index in [-0.39, 0.29) is 35.2 Å². The molecule has 0 saturated carbocycles. The van der Waals surface area contributed by atoms with Crippen LogP contribution < -0.4 is 0 Å². The minimum Gasteiger partial charge on any atom is -0.378 e. The predicted molar refractivity (Wildman–Crippen MR) is 82.6 cm³/mol. The van der Waals surface area contributed by atoms with Crippen LogP contribution in [0.25, 0.3) is 0 Å². The number of carbonyl (C=O) groups is 2. The van der Waals surface area contributed by atoms with Gasteiger partial charge in [0.1, 0.15) is 5.82 Å². The van der Waals surface area contributed by atoms with Crippen molar-refractivity contribution in [3.63, 3.8) is 0 Å². The lowest BCUT2D eigenvalue weighted by molar-refractivity contribution is -0.134. The molecule has 5 nitrogen and oxygen atoms in total. The first-order valence-electron chi connectivity index (χ1n) is 7.51. The fourth-order valence-corrected chi connectivity index (χ4v) is 3.35. The Balaban J connectivity index is 1.76. The van der Waals surface area contributed by atoms with Crippen LogP contribution in [0.1, 0.15) is 5.56 Å². The van der Waals surface area contributed by atoms with Crippen LogP contribution in [0.5, 0.6) is 0 Å². The monoisotopic (exact) mass is 340 g/mol. The Bertz CT molecular complexity index is 620. The van der Waals surface area contributed by atoms with Crippen molar-refractivity contribution in [3.05, 3.63) is 34.6 Å². The van der Waals surface area contributed by atoms with Crippen molar-refractivity contribution in [3.8, 4) is 0 Å². The van der Waals surface area contributed by atoms with E-state index in [0.717, 1.165) is 0 Å². The average Bonchev–Trinajstić information content (AvgIpc) is 2.63. The smallest absolute Gasteiger partial charge is 0.229 e. The maximum absolute atomic E-state index is 13.4. The van der Waals surface area contributed by atoms with E-state index >= 15 is 0 Å². The molecule has 2 atom stereocenters. The van der Waals surface area contributed by atoms with Crippen molar-refractivity contribution >= 4 is 23.4 Å². The van der Waals surface area contributed by atoms with Crippen LogP contribution in [0.4, 0.5) is 4.39 Å². The molecule has 0 N–H and O–H groups in total. The summed E-state index contributed by atoms with van der Waals surface area (Å²) in [7, 11) is 1.75. The maximum Gasteiger partial charge on any atom is 0.229 e. The summed E-state index contributed by atoms with van der Waals surface area (Å²) < 4.78 is 18.9. The van der Waals surface area contributed by atoms with Gasteiger partial charge in [-0.05, 0) is 23.8 Å². The highest BCUT2D eigenvalue weighted by Crippen LogP contribution is 2.21. The van der Waals surface area contributed by atoms with Gasteiger partial charge in [0, 0.05) is 25.2 Å². The summed E-state index contributed by atoms with van der Waals surface area (Å²) in [5.74, 6) is -0.924. The summed E-state index contributed by atoms with van der Waals surface area (Å²) in [6.07, 6.45) is 0.0652. The maximum atomic E-state index is 13.4. The van der Waals surface area contributed by atoms with Crippen LogP contribution in [-0.2, 0) is 20.7 Å². The molecule has 0 aliphatic carbocycles. The summed E-state index contributed by atoms with van der Waals surface area (Å²) in [5.41, 5.74) is 0.533. The van der Waals surface area contributed by atoms with Gasteiger partial charge in [0.15, 0.2) is 0 Å². The molecule has 7 heteroatoms. The summed E-state index contributed by atoms with van der Waals surface area (Å²) in [6.45, 7) is 1.52. The molecule has 2 saturated heterocycles. The van der Waals surface area contributed by atoms with Crippen LogP contribution >= 0.6 is 11.6 Å². The number of fused-ring (bicyclic) bond motifs is 3. The topological polar surface area (TPSA) is 49.9 Å². The first kappa shape index (κ1) is 16.2. The summed E-state index contributed by atoms with van der Waals surface area (Å²) in [4.78, 5) is 28.2. The number of halogens is 2. The number of amides is 2. The highest BCUT2D eigenvalue weighted by Gasteiger charge is 2.38. The van der Waals surface area contributed by atoms with Gasteiger partial charge in [-0.15, -0.1) is 0 Å². The van der Waals surface area contributed by atoms with Gasteiger partial charge < -0.3 is 14.5 Å². The third-order valence-corrected chi connectivity index (χ3v) is 4.59. The molecule has 2 amide bonds. The lowest BCUT2D eigenvalue weighted by atomic mass is 10.1. The number of carbonyl (C=O) groups excluding carboxylic acids is 2. The highest BCUT2D eigenvalue weighted by atomic mass is 35.5. The molecule has 23 heavy (non-hydrogen) atoms. The normalized spacial score (nSPS) is 24.6. The Labute approximate surface area is 138 Å². The SMILES string of the molecule is CN1C(=O)[C@H]2COC[C@@H]1CN(C(=O)Cc1cc(F)cc(Cl)c1)C2. The third kappa shape index (κ3) is 3.48. The van der Waals surface area contributed by atoms with Crippen molar-refractivity contribution in [2.75, 3.05) is 33.4 Å². The van der Waals surface area contributed by atoms with Gasteiger partial charge in [-0.3, -0.25) is 9.59 Å². The molecule has 1 aromatic carbocycles. The van der Waals surface area contributed by atoms with Gasteiger partial charge in [0.05, 0.1) is 31.6 Å². The van der Waals surface area contributed by atoms with Crippen molar-refractivity contribution in [2.24, 2.45) is 5.92 Å².